The largest absolute Gasteiger partial charge is 0.385 e. The molecule has 0 saturated carbocycles. The molecular weight excluding hydrogens is 483 g/mol. The average Bonchev–Trinajstić information content (AvgIpc) is 3.09. The van der Waals surface area contributed by atoms with Gasteiger partial charge in [-0.3, -0.25) is 4.68 Å². The van der Waals surface area contributed by atoms with Gasteiger partial charge in [0.05, 0.1) is 5.69 Å². The van der Waals surface area contributed by atoms with Gasteiger partial charge in [-0.05, 0) is 46.1 Å². The van der Waals surface area contributed by atoms with Crippen LogP contribution in [0.15, 0.2) is 4.99 Å². The molecule has 0 aliphatic heterocycles. The van der Waals surface area contributed by atoms with Gasteiger partial charge in [0.15, 0.2) is 11.8 Å². The number of ether oxygens (including phenoxy) is 1. The van der Waals surface area contributed by atoms with Crippen LogP contribution in [-0.4, -0.2) is 56.8 Å². The molecule has 0 aliphatic rings. The topological polar surface area (TPSA) is 94.2 Å². The van der Waals surface area contributed by atoms with Crippen LogP contribution in [0.1, 0.15) is 41.9 Å². The number of hydrogen-bond donors (Lipinski definition) is 2. The van der Waals surface area contributed by atoms with Crippen molar-refractivity contribution in [3.8, 4) is 0 Å². The van der Waals surface area contributed by atoms with E-state index in [1.165, 1.54) is 11.3 Å². The molecule has 0 fully saturated rings. The summed E-state index contributed by atoms with van der Waals surface area (Å²) in [7, 11) is 5.65. The lowest BCUT2D eigenvalue weighted by Crippen LogP contribution is -2.43. The molecule has 0 aliphatic carbocycles. The fraction of sp³-hybridized carbons (Fsp3) is 0.684. The third kappa shape index (κ3) is 7.25. The maximum Gasteiger partial charge on any atom is 0.191 e. The quantitative estimate of drug-likeness (QED) is 0.228. The highest BCUT2D eigenvalue weighted by molar-refractivity contribution is 14.0. The van der Waals surface area contributed by atoms with Crippen molar-refractivity contribution in [2.24, 2.45) is 19.1 Å². The predicted molar refractivity (Wildman–Crippen MR) is 126 cm³/mol. The van der Waals surface area contributed by atoms with Gasteiger partial charge in [0.1, 0.15) is 12.4 Å². The van der Waals surface area contributed by atoms with E-state index in [4.69, 9.17) is 9.73 Å². The smallest absolute Gasteiger partial charge is 0.191 e. The summed E-state index contributed by atoms with van der Waals surface area (Å²) in [5, 5.41) is 19.7. The summed E-state index contributed by atoms with van der Waals surface area (Å²) in [6.07, 6.45) is 1.79. The van der Waals surface area contributed by atoms with E-state index >= 15 is 0 Å². The highest BCUT2D eigenvalue weighted by Crippen LogP contribution is 2.14. The summed E-state index contributed by atoms with van der Waals surface area (Å²) >= 11 is 0. The summed E-state index contributed by atoms with van der Waals surface area (Å²) in [5.41, 5.74) is 3.56. The Bertz CT molecular complexity index is 798. The Labute approximate surface area is 190 Å². The molecule has 10 heteroatoms. The van der Waals surface area contributed by atoms with Crippen LogP contribution in [0.3, 0.4) is 0 Å². The first-order valence-electron chi connectivity index (χ1n) is 9.71. The second kappa shape index (κ2) is 12.1. The number of aromatic nitrogens is 5. The zero-order valence-electron chi connectivity index (χ0n) is 18.6. The second-order valence-corrected chi connectivity index (χ2v) is 7.18. The molecule has 164 valence electrons. The Morgan fingerprint density at radius 2 is 1.93 bits per heavy atom. The van der Waals surface area contributed by atoms with Gasteiger partial charge in [0.25, 0.3) is 0 Å². The van der Waals surface area contributed by atoms with Crippen LogP contribution in [-0.2, 0) is 31.8 Å². The van der Waals surface area contributed by atoms with E-state index in [1.807, 2.05) is 30.3 Å². The number of aliphatic imine (C=N–C) groups is 1. The first kappa shape index (κ1) is 25.3. The molecule has 2 aromatic heterocycles. The lowest BCUT2D eigenvalue weighted by molar-refractivity contribution is 0.195. The van der Waals surface area contributed by atoms with E-state index in [9.17, 15) is 0 Å². The normalized spacial score (nSPS) is 12.6. The van der Waals surface area contributed by atoms with Crippen LogP contribution in [0, 0.1) is 20.8 Å². The zero-order valence-corrected chi connectivity index (χ0v) is 20.9. The second-order valence-electron chi connectivity index (χ2n) is 7.18. The molecule has 0 saturated heterocycles. The lowest BCUT2D eigenvalue weighted by atomic mass is 10.1. The van der Waals surface area contributed by atoms with E-state index in [2.05, 4.69) is 46.7 Å². The number of aryl methyl sites for hydroxylation is 3. The SMILES string of the molecule is COCCCNC(=NCc1nnc(C)n1C)NC(C)Cc1c(C)nn(C)c1C.I. The van der Waals surface area contributed by atoms with Crippen molar-refractivity contribution in [2.45, 2.75) is 53.1 Å². The number of hydrogen-bond acceptors (Lipinski definition) is 5. The van der Waals surface area contributed by atoms with Gasteiger partial charge in [-0.15, -0.1) is 34.2 Å². The van der Waals surface area contributed by atoms with Crippen molar-refractivity contribution in [1.29, 1.82) is 0 Å². The summed E-state index contributed by atoms with van der Waals surface area (Å²) in [5.74, 6) is 2.48. The fourth-order valence-corrected chi connectivity index (χ4v) is 3.02. The first-order valence-corrected chi connectivity index (χ1v) is 9.71. The van der Waals surface area contributed by atoms with E-state index in [1.54, 1.807) is 7.11 Å². The average molecular weight is 518 g/mol. The molecule has 0 bridgehead atoms. The van der Waals surface area contributed by atoms with E-state index in [0.717, 1.165) is 42.7 Å². The van der Waals surface area contributed by atoms with Crippen molar-refractivity contribution in [1.82, 2.24) is 35.2 Å². The monoisotopic (exact) mass is 518 g/mol. The molecule has 0 amide bonds. The van der Waals surface area contributed by atoms with Crippen LogP contribution in [0.5, 0.6) is 0 Å². The number of halogens is 1. The summed E-state index contributed by atoms with van der Waals surface area (Å²) in [4.78, 5) is 4.71. The van der Waals surface area contributed by atoms with E-state index in [-0.39, 0.29) is 30.0 Å². The van der Waals surface area contributed by atoms with Crippen LogP contribution >= 0.6 is 24.0 Å². The molecule has 0 spiro atoms. The minimum absolute atomic E-state index is 0. The maximum atomic E-state index is 5.13. The van der Waals surface area contributed by atoms with E-state index in [0.29, 0.717) is 13.2 Å². The molecular formula is C19H35IN8O. The van der Waals surface area contributed by atoms with Crippen molar-refractivity contribution in [3.05, 3.63) is 28.6 Å². The summed E-state index contributed by atoms with van der Waals surface area (Å²) in [6, 6.07) is 0.205. The molecule has 9 nitrogen and oxygen atoms in total. The number of nitrogens with one attached hydrogen (secondary N) is 2. The minimum Gasteiger partial charge on any atom is -0.385 e. The van der Waals surface area contributed by atoms with Gasteiger partial charge in [0.2, 0.25) is 0 Å². The van der Waals surface area contributed by atoms with Gasteiger partial charge in [-0.25, -0.2) is 4.99 Å². The number of rotatable bonds is 9. The van der Waals surface area contributed by atoms with Crippen LogP contribution in [0.4, 0.5) is 0 Å². The third-order valence-electron chi connectivity index (χ3n) is 4.93. The van der Waals surface area contributed by atoms with Crippen molar-refractivity contribution in [2.75, 3.05) is 20.3 Å². The standard InChI is InChI=1S/C19H34N8O.HI/c1-13(11-17-14(2)25-27(6)15(17)3)22-19(20-9-8-10-28-7)21-12-18-24-23-16(4)26(18)5;/h13H,8-12H2,1-7H3,(H2,20,21,22);1H. The Morgan fingerprint density at radius 3 is 2.48 bits per heavy atom. The van der Waals surface area contributed by atoms with Crippen LogP contribution < -0.4 is 10.6 Å². The maximum absolute atomic E-state index is 5.13. The fourth-order valence-electron chi connectivity index (χ4n) is 3.02. The van der Waals surface area contributed by atoms with Gasteiger partial charge in [-0.1, -0.05) is 0 Å². The molecule has 2 aromatic rings. The van der Waals surface area contributed by atoms with Gasteiger partial charge in [-0.2, -0.15) is 5.10 Å². The number of guanidine groups is 1. The highest BCUT2D eigenvalue weighted by atomic mass is 127. The molecule has 29 heavy (non-hydrogen) atoms. The Hall–Kier alpha value is -1.69. The summed E-state index contributed by atoms with van der Waals surface area (Å²) < 4.78 is 9.02. The van der Waals surface area contributed by atoms with Crippen molar-refractivity contribution >= 4 is 29.9 Å². The molecule has 1 atom stereocenters. The van der Waals surface area contributed by atoms with E-state index < -0.39 is 0 Å². The van der Waals surface area contributed by atoms with Crippen molar-refractivity contribution in [3.63, 3.8) is 0 Å². The molecule has 1 unspecified atom stereocenters. The highest BCUT2D eigenvalue weighted by Gasteiger charge is 2.14. The molecule has 0 radical (unpaired) electrons. The Kier molecular flexibility index (Phi) is 10.6. The summed E-state index contributed by atoms with van der Waals surface area (Å²) in [6.45, 7) is 10.2. The van der Waals surface area contributed by atoms with Gasteiger partial charge < -0.3 is 19.9 Å². The molecule has 2 rings (SSSR count). The third-order valence-corrected chi connectivity index (χ3v) is 4.93. The van der Waals surface area contributed by atoms with Crippen LogP contribution in [0.25, 0.3) is 0 Å². The Morgan fingerprint density at radius 1 is 1.21 bits per heavy atom. The van der Waals surface area contributed by atoms with Crippen molar-refractivity contribution < 1.29 is 4.74 Å². The van der Waals surface area contributed by atoms with Gasteiger partial charge >= 0.3 is 0 Å². The Balaban J connectivity index is 0.00000420. The van der Waals surface area contributed by atoms with Crippen LogP contribution in [0.2, 0.25) is 0 Å². The zero-order chi connectivity index (χ0) is 20.7. The minimum atomic E-state index is 0. The number of nitrogens with zero attached hydrogens (tertiary/aromatic N) is 6. The predicted octanol–water partition coefficient (Wildman–Crippen LogP) is 1.79. The lowest BCUT2D eigenvalue weighted by Gasteiger charge is -2.19. The molecule has 0 aromatic carbocycles. The number of methoxy groups -OCH3 is 1. The molecule has 2 N–H and O–H groups in total. The van der Waals surface area contributed by atoms with Gasteiger partial charge in [0, 0.05) is 46.1 Å². The first-order chi connectivity index (χ1) is 13.3. The molecule has 2 heterocycles.